The summed E-state index contributed by atoms with van der Waals surface area (Å²) in [6.07, 6.45) is 0. The van der Waals surface area contributed by atoms with Gasteiger partial charge < -0.3 is 0 Å². The highest BCUT2D eigenvalue weighted by atomic mass is 35.5. The number of aromatic nitrogens is 1. The van der Waals surface area contributed by atoms with Gasteiger partial charge in [-0.3, -0.25) is 9.59 Å². The second kappa shape index (κ2) is 7.95. The van der Waals surface area contributed by atoms with E-state index in [0.29, 0.717) is 31.4 Å². The maximum absolute atomic E-state index is 13.1. The van der Waals surface area contributed by atoms with Crippen LogP contribution in [0.4, 0.5) is 0 Å². The standard InChI is InChI=1S/C22H14Cl2N2O2S/c1-13-8-9-19-18(10-13)21(25-20(27)14-4-2-6-16(23)11-14)29-26(19)22(28)15-5-3-7-17(24)12-15/h2-12H,1H3. The number of carbonyl (C=O) groups excluding carboxylic acids is 2. The zero-order chi connectivity index (χ0) is 20.5. The van der Waals surface area contributed by atoms with Gasteiger partial charge in [0.2, 0.25) is 0 Å². The number of rotatable bonds is 2. The molecule has 3 aromatic carbocycles. The van der Waals surface area contributed by atoms with E-state index in [9.17, 15) is 9.59 Å². The highest BCUT2D eigenvalue weighted by Crippen LogP contribution is 2.20. The van der Waals surface area contributed by atoms with Gasteiger partial charge in [0.25, 0.3) is 11.8 Å². The van der Waals surface area contributed by atoms with Gasteiger partial charge in [0, 0.05) is 26.6 Å². The molecule has 0 saturated carbocycles. The average Bonchev–Trinajstić information content (AvgIpc) is 3.05. The van der Waals surface area contributed by atoms with Crippen molar-refractivity contribution < 1.29 is 9.59 Å². The summed E-state index contributed by atoms with van der Waals surface area (Å²) < 4.78 is 1.99. The minimum Gasteiger partial charge on any atom is -0.267 e. The number of halogens is 2. The topological polar surface area (TPSA) is 51.4 Å². The molecule has 29 heavy (non-hydrogen) atoms. The van der Waals surface area contributed by atoms with Crippen LogP contribution in [0.2, 0.25) is 10.0 Å². The molecule has 0 aliphatic carbocycles. The Balaban J connectivity index is 1.88. The number of benzene rings is 3. The second-order valence-electron chi connectivity index (χ2n) is 6.45. The van der Waals surface area contributed by atoms with E-state index >= 15 is 0 Å². The summed E-state index contributed by atoms with van der Waals surface area (Å²) in [6.45, 7) is 1.95. The lowest BCUT2D eigenvalue weighted by Gasteiger charge is -2.03. The first kappa shape index (κ1) is 19.6. The summed E-state index contributed by atoms with van der Waals surface area (Å²) in [7, 11) is 0. The van der Waals surface area contributed by atoms with Crippen LogP contribution in [0.15, 0.2) is 71.7 Å². The van der Waals surface area contributed by atoms with E-state index in [4.69, 9.17) is 23.2 Å². The number of amides is 1. The quantitative estimate of drug-likeness (QED) is 0.398. The molecule has 0 saturated heterocycles. The lowest BCUT2D eigenvalue weighted by atomic mass is 10.1. The van der Waals surface area contributed by atoms with E-state index in [-0.39, 0.29) is 5.91 Å². The zero-order valence-electron chi connectivity index (χ0n) is 15.2. The van der Waals surface area contributed by atoms with Crippen molar-refractivity contribution in [2.45, 2.75) is 6.92 Å². The van der Waals surface area contributed by atoms with Crippen molar-refractivity contribution in [3.8, 4) is 0 Å². The third-order valence-electron chi connectivity index (χ3n) is 4.31. The Kier molecular flexibility index (Phi) is 5.37. The Morgan fingerprint density at radius 3 is 2.24 bits per heavy atom. The van der Waals surface area contributed by atoms with Crippen molar-refractivity contribution in [2.75, 3.05) is 0 Å². The normalized spacial score (nSPS) is 11.8. The maximum atomic E-state index is 13.1. The Labute approximate surface area is 180 Å². The fraction of sp³-hybridized carbons (Fsp3) is 0.0455. The van der Waals surface area contributed by atoms with Gasteiger partial charge in [-0.1, -0.05) is 47.0 Å². The summed E-state index contributed by atoms with van der Waals surface area (Å²) in [6, 6.07) is 19.1. The van der Waals surface area contributed by atoms with Crippen LogP contribution in [-0.2, 0) is 0 Å². The van der Waals surface area contributed by atoms with E-state index in [1.54, 1.807) is 48.5 Å². The molecule has 1 heterocycles. The van der Waals surface area contributed by atoms with Gasteiger partial charge in [-0.05, 0) is 67.0 Å². The summed E-state index contributed by atoms with van der Waals surface area (Å²) >= 11 is 13.1. The fourth-order valence-electron chi connectivity index (χ4n) is 2.93. The van der Waals surface area contributed by atoms with Gasteiger partial charge in [-0.2, -0.15) is 4.99 Å². The van der Waals surface area contributed by atoms with E-state index in [1.165, 1.54) is 3.96 Å². The highest BCUT2D eigenvalue weighted by molar-refractivity contribution is 7.06. The van der Waals surface area contributed by atoms with Crippen molar-refractivity contribution >= 4 is 57.5 Å². The van der Waals surface area contributed by atoms with Crippen molar-refractivity contribution in [1.29, 1.82) is 0 Å². The maximum Gasteiger partial charge on any atom is 0.278 e. The van der Waals surface area contributed by atoms with Gasteiger partial charge in [0.15, 0.2) is 0 Å². The van der Waals surface area contributed by atoms with Gasteiger partial charge in [-0.25, -0.2) is 3.96 Å². The molecule has 0 aliphatic heterocycles. The molecule has 7 heteroatoms. The van der Waals surface area contributed by atoms with Gasteiger partial charge in [0.05, 0.1) is 5.52 Å². The van der Waals surface area contributed by atoms with Crippen LogP contribution in [-0.4, -0.2) is 15.8 Å². The average molecular weight is 441 g/mol. The van der Waals surface area contributed by atoms with Gasteiger partial charge in [-0.15, -0.1) is 0 Å². The molecule has 1 amide bonds. The third kappa shape index (κ3) is 4.03. The Hall–Kier alpha value is -2.73. The van der Waals surface area contributed by atoms with E-state index < -0.39 is 5.91 Å². The molecule has 0 radical (unpaired) electrons. The van der Waals surface area contributed by atoms with Crippen molar-refractivity contribution in [1.82, 2.24) is 3.96 Å². The molecule has 4 rings (SSSR count). The molecule has 1 aromatic heterocycles. The molecular formula is C22H14Cl2N2O2S. The van der Waals surface area contributed by atoms with Crippen molar-refractivity contribution in [3.05, 3.63) is 98.1 Å². The molecule has 4 nitrogen and oxygen atoms in total. The number of nitrogens with zero attached hydrogens (tertiary/aromatic N) is 2. The molecule has 0 atom stereocenters. The number of fused-ring (bicyclic) bond motifs is 1. The van der Waals surface area contributed by atoms with Gasteiger partial charge >= 0.3 is 0 Å². The predicted molar refractivity (Wildman–Crippen MR) is 117 cm³/mol. The molecule has 0 N–H and O–H groups in total. The van der Waals surface area contributed by atoms with Crippen LogP contribution in [0.3, 0.4) is 0 Å². The molecule has 144 valence electrons. The van der Waals surface area contributed by atoms with Crippen LogP contribution in [0.1, 0.15) is 26.3 Å². The molecule has 4 aromatic rings. The van der Waals surface area contributed by atoms with Crippen LogP contribution >= 0.6 is 34.7 Å². The van der Waals surface area contributed by atoms with Crippen LogP contribution in [0, 0.1) is 6.92 Å². The van der Waals surface area contributed by atoms with E-state index in [1.807, 2.05) is 25.1 Å². The molecule has 0 aliphatic rings. The first-order valence-electron chi connectivity index (χ1n) is 8.70. The molecular weight excluding hydrogens is 427 g/mol. The Morgan fingerprint density at radius 1 is 0.897 bits per heavy atom. The fourth-order valence-corrected chi connectivity index (χ4v) is 4.32. The summed E-state index contributed by atoms with van der Waals surface area (Å²) in [4.78, 5) is 30.0. The minimum absolute atomic E-state index is 0.233. The smallest absolute Gasteiger partial charge is 0.267 e. The lowest BCUT2D eigenvalue weighted by molar-refractivity contribution is 0.0972. The number of hydrogen-bond acceptors (Lipinski definition) is 3. The largest absolute Gasteiger partial charge is 0.278 e. The summed E-state index contributed by atoms with van der Waals surface area (Å²) in [5.41, 5.74) is 2.53. The Morgan fingerprint density at radius 2 is 1.55 bits per heavy atom. The first-order valence-corrected chi connectivity index (χ1v) is 10.2. The SMILES string of the molecule is Cc1ccc2c(c1)c(=NC(=O)c1cccc(Cl)c1)sn2C(=O)c1cccc(Cl)c1. The van der Waals surface area contributed by atoms with Crippen LogP contribution < -0.4 is 4.67 Å². The molecule has 0 fully saturated rings. The molecule has 0 unspecified atom stereocenters. The van der Waals surface area contributed by atoms with E-state index in [2.05, 4.69) is 4.99 Å². The van der Waals surface area contributed by atoms with Gasteiger partial charge in [0.1, 0.15) is 4.67 Å². The third-order valence-corrected chi connectivity index (χ3v) is 5.81. The monoisotopic (exact) mass is 440 g/mol. The molecule has 0 bridgehead atoms. The zero-order valence-corrected chi connectivity index (χ0v) is 17.6. The number of aryl methyl sites for hydroxylation is 1. The number of hydrogen-bond donors (Lipinski definition) is 0. The molecule has 0 spiro atoms. The Bertz CT molecular complexity index is 1340. The second-order valence-corrected chi connectivity index (χ2v) is 8.26. The minimum atomic E-state index is -0.417. The lowest BCUT2D eigenvalue weighted by Crippen LogP contribution is -2.09. The van der Waals surface area contributed by atoms with Crippen LogP contribution in [0.25, 0.3) is 10.9 Å². The van der Waals surface area contributed by atoms with Crippen molar-refractivity contribution in [2.24, 2.45) is 4.99 Å². The number of carbonyl (C=O) groups is 2. The highest BCUT2D eigenvalue weighted by Gasteiger charge is 2.16. The summed E-state index contributed by atoms with van der Waals surface area (Å²) in [5.74, 6) is -0.650. The van der Waals surface area contributed by atoms with E-state index in [0.717, 1.165) is 22.5 Å². The predicted octanol–water partition coefficient (Wildman–Crippen LogP) is 5.75. The summed E-state index contributed by atoms with van der Waals surface area (Å²) in [5, 5.41) is 1.68. The first-order chi connectivity index (χ1) is 13.9. The van der Waals surface area contributed by atoms with Crippen molar-refractivity contribution in [3.63, 3.8) is 0 Å². The van der Waals surface area contributed by atoms with Crippen LogP contribution in [0.5, 0.6) is 0 Å².